The zero-order chi connectivity index (χ0) is 12.4. The maximum absolute atomic E-state index is 5.21. The molecule has 18 heavy (non-hydrogen) atoms. The predicted molar refractivity (Wildman–Crippen MR) is 69.4 cm³/mol. The first-order valence-electron chi connectivity index (χ1n) is 5.96. The van der Waals surface area contributed by atoms with Crippen molar-refractivity contribution < 1.29 is 4.74 Å². The summed E-state index contributed by atoms with van der Waals surface area (Å²) in [5.41, 5.74) is 1.05. The van der Waals surface area contributed by atoms with E-state index in [0.29, 0.717) is 6.10 Å². The van der Waals surface area contributed by atoms with Crippen molar-refractivity contribution in [2.75, 3.05) is 12.4 Å². The lowest BCUT2D eigenvalue weighted by atomic mass is 10.2. The SMILES string of the molecule is CCn1c(SCC2CO2)nnc1-c1ccncc1. The average molecular weight is 262 g/mol. The largest absolute Gasteiger partial charge is 0.372 e. The lowest BCUT2D eigenvalue weighted by Gasteiger charge is -2.06. The van der Waals surface area contributed by atoms with Crippen LogP contribution in [0, 0.1) is 0 Å². The van der Waals surface area contributed by atoms with Crippen LogP contribution in [-0.4, -0.2) is 38.2 Å². The van der Waals surface area contributed by atoms with E-state index in [2.05, 4.69) is 26.7 Å². The van der Waals surface area contributed by atoms with Gasteiger partial charge in [-0.15, -0.1) is 10.2 Å². The Morgan fingerprint density at radius 1 is 1.39 bits per heavy atom. The molecule has 0 spiro atoms. The van der Waals surface area contributed by atoms with Gasteiger partial charge in [0.25, 0.3) is 0 Å². The maximum atomic E-state index is 5.21. The molecule has 0 amide bonds. The molecule has 2 aromatic heterocycles. The Morgan fingerprint density at radius 2 is 2.17 bits per heavy atom. The van der Waals surface area contributed by atoms with Crippen LogP contribution in [0.2, 0.25) is 0 Å². The molecule has 0 aliphatic carbocycles. The van der Waals surface area contributed by atoms with E-state index in [0.717, 1.165) is 35.4 Å². The minimum Gasteiger partial charge on any atom is -0.372 e. The number of hydrogen-bond donors (Lipinski definition) is 0. The van der Waals surface area contributed by atoms with Crippen LogP contribution < -0.4 is 0 Å². The summed E-state index contributed by atoms with van der Waals surface area (Å²) in [4.78, 5) is 4.02. The van der Waals surface area contributed by atoms with E-state index >= 15 is 0 Å². The first-order chi connectivity index (χ1) is 8.88. The van der Waals surface area contributed by atoms with Gasteiger partial charge in [-0.05, 0) is 19.1 Å². The number of thioether (sulfide) groups is 1. The molecular weight excluding hydrogens is 248 g/mol. The lowest BCUT2D eigenvalue weighted by Crippen LogP contribution is -2.01. The normalized spacial score (nSPS) is 17.9. The van der Waals surface area contributed by atoms with Gasteiger partial charge in [0.15, 0.2) is 11.0 Å². The Morgan fingerprint density at radius 3 is 2.83 bits per heavy atom. The number of epoxide rings is 1. The van der Waals surface area contributed by atoms with Gasteiger partial charge in [-0.25, -0.2) is 0 Å². The standard InChI is InChI=1S/C12H14N4OS/c1-2-16-11(9-3-5-13-6-4-9)14-15-12(16)18-8-10-7-17-10/h3-6,10H,2,7-8H2,1H3. The summed E-state index contributed by atoms with van der Waals surface area (Å²) in [6, 6.07) is 3.91. The minimum absolute atomic E-state index is 0.404. The topological polar surface area (TPSA) is 56.1 Å². The highest BCUT2D eigenvalue weighted by atomic mass is 32.2. The Hall–Kier alpha value is -1.40. The fourth-order valence-electron chi connectivity index (χ4n) is 1.73. The van der Waals surface area contributed by atoms with Gasteiger partial charge in [0, 0.05) is 30.3 Å². The summed E-state index contributed by atoms with van der Waals surface area (Å²) in [7, 11) is 0. The van der Waals surface area contributed by atoms with Gasteiger partial charge in [0.2, 0.25) is 0 Å². The van der Waals surface area contributed by atoms with E-state index in [1.54, 1.807) is 24.2 Å². The van der Waals surface area contributed by atoms with Crippen molar-refractivity contribution in [2.24, 2.45) is 0 Å². The number of rotatable bonds is 5. The molecule has 1 atom stereocenters. The van der Waals surface area contributed by atoms with E-state index in [-0.39, 0.29) is 0 Å². The third kappa shape index (κ3) is 2.39. The van der Waals surface area contributed by atoms with Gasteiger partial charge in [-0.2, -0.15) is 0 Å². The highest BCUT2D eigenvalue weighted by Gasteiger charge is 2.24. The van der Waals surface area contributed by atoms with Crippen molar-refractivity contribution in [3.63, 3.8) is 0 Å². The Kier molecular flexibility index (Phi) is 3.29. The smallest absolute Gasteiger partial charge is 0.191 e. The molecule has 6 heteroatoms. The van der Waals surface area contributed by atoms with Gasteiger partial charge in [0.1, 0.15) is 0 Å². The minimum atomic E-state index is 0.404. The zero-order valence-electron chi connectivity index (χ0n) is 10.1. The van der Waals surface area contributed by atoms with Gasteiger partial charge < -0.3 is 9.30 Å². The second-order valence-electron chi connectivity index (χ2n) is 4.05. The van der Waals surface area contributed by atoms with Crippen molar-refractivity contribution >= 4 is 11.8 Å². The van der Waals surface area contributed by atoms with Gasteiger partial charge in [-0.3, -0.25) is 4.98 Å². The Labute approximate surface area is 110 Å². The monoisotopic (exact) mass is 262 g/mol. The van der Waals surface area contributed by atoms with E-state index in [1.807, 2.05) is 12.1 Å². The fraction of sp³-hybridized carbons (Fsp3) is 0.417. The Balaban J connectivity index is 1.85. The zero-order valence-corrected chi connectivity index (χ0v) is 10.9. The van der Waals surface area contributed by atoms with Gasteiger partial charge in [0.05, 0.1) is 12.7 Å². The van der Waals surface area contributed by atoms with Crippen molar-refractivity contribution in [1.82, 2.24) is 19.7 Å². The second kappa shape index (κ2) is 5.07. The summed E-state index contributed by atoms with van der Waals surface area (Å²) in [6.07, 6.45) is 3.95. The molecule has 0 aromatic carbocycles. The van der Waals surface area contributed by atoms with Crippen LogP contribution in [0.1, 0.15) is 6.92 Å². The van der Waals surface area contributed by atoms with Gasteiger partial charge in [-0.1, -0.05) is 11.8 Å². The molecule has 1 saturated heterocycles. The summed E-state index contributed by atoms with van der Waals surface area (Å²) < 4.78 is 7.34. The van der Waals surface area contributed by atoms with Crippen LogP contribution >= 0.6 is 11.8 Å². The van der Waals surface area contributed by atoms with Crippen LogP contribution in [-0.2, 0) is 11.3 Å². The van der Waals surface area contributed by atoms with E-state index in [4.69, 9.17) is 4.74 Å². The summed E-state index contributed by atoms with van der Waals surface area (Å²) in [5, 5.41) is 9.50. The van der Waals surface area contributed by atoms with Crippen LogP contribution in [0.3, 0.4) is 0 Å². The molecule has 1 aliphatic rings. The highest BCUT2D eigenvalue weighted by molar-refractivity contribution is 7.99. The summed E-state index contributed by atoms with van der Waals surface area (Å²) in [6.45, 7) is 3.84. The second-order valence-corrected chi connectivity index (χ2v) is 5.04. The van der Waals surface area contributed by atoms with E-state index < -0.39 is 0 Å². The lowest BCUT2D eigenvalue weighted by molar-refractivity contribution is 0.426. The predicted octanol–water partition coefficient (Wildman–Crippen LogP) is 1.85. The van der Waals surface area contributed by atoms with Crippen molar-refractivity contribution in [3.05, 3.63) is 24.5 Å². The van der Waals surface area contributed by atoms with E-state index in [1.165, 1.54) is 0 Å². The number of pyridine rings is 1. The first kappa shape index (κ1) is 11.7. The molecule has 3 heterocycles. The summed E-state index contributed by atoms with van der Waals surface area (Å²) >= 11 is 1.71. The van der Waals surface area contributed by atoms with Crippen LogP contribution in [0.4, 0.5) is 0 Å². The third-order valence-corrected chi connectivity index (χ3v) is 3.87. The highest BCUT2D eigenvalue weighted by Crippen LogP contribution is 2.26. The molecular formula is C12H14N4OS. The van der Waals surface area contributed by atoms with Crippen molar-refractivity contribution in [3.8, 4) is 11.4 Å². The molecule has 94 valence electrons. The molecule has 1 fully saturated rings. The average Bonchev–Trinajstić information content (AvgIpc) is 3.16. The Bertz CT molecular complexity index is 524. The van der Waals surface area contributed by atoms with Crippen LogP contribution in [0.25, 0.3) is 11.4 Å². The van der Waals surface area contributed by atoms with Crippen LogP contribution in [0.5, 0.6) is 0 Å². The molecule has 5 nitrogen and oxygen atoms in total. The fourth-order valence-corrected chi connectivity index (χ4v) is 2.72. The molecule has 0 saturated carbocycles. The molecule has 3 rings (SSSR count). The van der Waals surface area contributed by atoms with Gasteiger partial charge >= 0.3 is 0 Å². The molecule has 0 N–H and O–H groups in total. The number of hydrogen-bond acceptors (Lipinski definition) is 5. The molecule has 0 radical (unpaired) electrons. The molecule has 0 bridgehead atoms. The first-order valence-corrected chi connectivity index (χ1v) is 6.95. The third-order valence-electron chi connectivity index (χ3n) is 2.77. The maximum Gasteiger partial charge on any atom is 0.191 e. The quantitative estimate of drug-likeness (QED) is 0.608. The van der Waals surface area contributed by atoms with Crippen molar-refractivity contribution in [2.45, 2.75) is 24.7 Å². The van der Waals surface area contributed by atoms with Crippen molar-refractivity contribution in [1.29, 1.82) is 0 Å². The van der Waals surface area contributed by atoms with E-state index in [9.17, 15) is 0 Å². The molecule has 1 unspecified atom stereocenters. The number of aromatic nitrogens is 4. The van der Waals surface area contributed by atoms with Crippen LogP contribution in [0.15, 0.2) is 29.7 Å². The molecule has 1 aliphatic heterocycles. The number of ether oxygens (including phenoxy) is 1. The summed E-state index contributed by atoms with van der Waals surface area (Å²) in [5.74, 6) is 1.85. The number of nitrogens with zero attached hydrogens (tertiary/aromatic N) is 4. The molecule has 2 aromatic rings.